The quantitative estimate of drug-likeness (QED) is 0.774. The van der Waals surface area contributed by atoms with Crippen molar-refractivity contribution in [2.24, 2.45) is 7.05 Å². The summed E-state index contributed by atoms with van der Waals surface area (Å²) < 4.78 is 42.8. The maximum atomic E-state index is 13.5. The summed E-state index contributed by atoms with van der Waals surface area (Å²) in [6, 6.07) is 3.54. The minimum atomic E-state index is -3.71. The van der Waals surface area contributed by atoms with Gasteiger partial charge < -0.3 is 4.57 Å². The molecule has 2 aromatic rings. The van der Waals surface area contributed by atoms with Crippen LogP contribution in [-0.2, 0) is 17.1 Å². The monoisotopic (exact) mass is 370 g/mol. The fourth-order valence-corrected chi connectivity index (χ4v) is 5.22. The normalized spacial score (nSPS) is 19.1. The molecule has 0 amide bonds. The molecule has 2 heterocycles. The van der Waals surface area contributed by atoms with Gasteiger partial charge in [0.15, 0.2) is 11.0 Å². The number of thioether (sulfide) groups is 1. The number of aromatic nitrogens is 3. The summed E-state index contributed by atoms with van der Waals surface area (Å²) >= 11 is 1.46. The Morgan fingerprint density at radius 2 is 2.08 bits per heavy atom. The minimum Gasteiger partial charge on any atom is -0.308 e. The van der Waals surface area contributed by atoms with E-state index in [0.717, 1.165) is 11.6 Å². The summed E-state index contributed by atoms with van der Waals surface area (Å²) in [7, 11) is -1.87. The SMILES string of the molecule is CSc1nnc([C@@H]2CCCN2S(=O)(=O)c2ccc(F)c(C)c2)n1C. The van der Waals surface area contributed by atoms with Crippen LogP contribution in [0.3, 0.4) is 0 Å². The molecule has 0 unspecified atom stereocenters. The average molecular weight is 370 g/mol. The highest BCUT2D eigenvalue weighted by molar-refractivity contribution is 7.98. The molecule has 0 aliphatic carbocycles. The Balaban J connectivity index is 2.00. The van der Waals surface area contributed by atoms with Crippen LogP contribution >= 0.6 is 11.8 Å². The largest absolute Gasteiger partial charge is 0.308 e. The van der Waals surface area contributed by atoms with Crippen molar-refractivity contribution in [1.29, 1.82) is 0 Å². The Kier molecular flexibility index (Phi) is 4.67. The predicted octanol–water partition coefficient (Wildman–Crippen LogP) is 2.51. The lowest BCUT2D eigenvalue weighted by molar-refractivity contribution is 0.375. The van der Waals surface area contributed by atoms with Crippen LogP contribution in [0.2, 0.25) is 0 Å². The number of sulfonamides is 1. The second-order valence-electron chi connectivity index (χ2n) is 5.79. The van der Waals surface area contributed by atoms with E-state index in [-0.39, 0.29) is 10.9 Å². The zero-order valence-corrected chi connectivity index (χ0v) is 15.4. The first-order chi connectivity index (χ1) is 11.4. The average Bonchev–Trinajstić information content (AvgIpc) is 3.16. The Morgan fingerprint density at radius 1 is 1.33 bits per heavy atom. The molecule has 1 aliphatic heterocycles. The number of rotatable bonds is 4. The Morgan fingerprint density at radius 3 is 2.71 bits per heavy atom. The highest BCUT2D eigenvalue weighted by Crippen LogP contribution is 2.36. The lowest BCUT2D eigenvalue weighted by atomic mass is 10.2. The van der Waals surface area contributed by atoms with Crippen LogP contribution in [0.5, 0.6) is 0 Å². The van der Waals surface area contributed by atoms with Gasteiger partial charge in [0.2, 0.25) is 10.0 Å². The number of aryl methyl sites for hydroxylation is 1. The summed E-state index contributed by atoms with van der Waals surface area (Å²) in [6.07, 6.45) is 3.35. The van der Waals surface area contributed by atoms with Crippen LogP contribution in [-0.4, -0.2) is 40.3 Å². The van der Waals surface area contributed by atoms with Crippen LogP contribution in [0.1, 0.15) is 30.3 Å². The molecule has 1 aromatic carbocycles. The van der Waals surface area contributed by atoms with Gasteiger partial charge in [0.25, 0.3) is 0 Å². The van der Waals surface area contributed by atoms with Gasteiger partial charge in [-0.3, -0.25) is 0 Å². The van der Waals surface area contributed by atoms with Gasteiger partial charge in [0, 0.05) is 13.6 Å². The molecule has 0 radical (unpaired) electrons. The summed E-state index contributed by atoms with van der Waals surface area (Å²) in [6.45, 7) is 1.98. The summed E-state index contributed by atoms with van der Waals surface area (Å²) in [5.74, 6) is 0.226. The molecule has 1 saturated heterocycles. The highest BCUT2D eigenvalue weighted by Gasteiger charge is 2.39. The smallest absolute Gasteiger partial charge is 0.243 e. The lowest BCUT2D eigenvalue weighted by Crippen LogP contribution is -2.32. The fraction of sp³-hybridized carbons (Fsp3) is 0.467. The second-order valence-corrected chi connectivity index (χ2v) is 8.45. The molecule has 9 heteroatoms. The first-order valence-corrected chi connectivity index (χ1v) is 10.2. The van der Waals surface area contributed by atoms with E-state index in [1.54, 1.807) is 6.92 Å². The van der Waals surface area contributed by atoms with Gasteiger partial charge in [-0.15, -0.1) is 10.2 Å². The Hall–Kier alpha value is -1.45. The van der Waals surface area contributed by atoms with Gasteiger partial charge >= 0.3 is 0 Å². The third-order valence-electron chi connectivity index (χ3n) is 4.29. The molecule has 3 rings (SSSR count). The summed E-state index contributed by atoms with van der Waals surface area (Å²) in [5, 5.41) is 9.02. The molecule has 6 nitrogen and oxygen atoms in total. The predicted molar refractivity (Wildman–Crippen MR) is 89.8 cm³/mol. The van der Waals surface area contributed by atoms with E-state index in [2.05, 4.69) is 10.2 Å². The van der Waals surface area contributed by atoms with E-state index < -0.39 is 15.8 Å². The van der Waals surface area contributed by atoms with Crippen molar-refractivity contribution >= 4 is 21.8 Å². The number of hydrogen-bond acceptors (Lipinski definition) is 5. The standard InChI is InChI=1S/C15H19FN4O2S2/c1-10-9-11(6-7-12(10)16)24(21,22)20-8-4-5-13(20)14-17-18-15(23-3)19(14)2/h6-7,9,13H,4-5,8H2,1-3H3/t13-/m0/s1. The topological polar surface area (TPSA) is 68.1 Å². The molecule has 0 spiro atoms. The van der Waals surface area contributed by atoms with Crippen molar-refractivity contribution in [3.8, 4) is 0 Å². The lowest BCUT2D eigenvalue weighted by Gasteiger charge is -2.23. The zero-order chi connectivity index (χ0) is 17.5. The summed E-state index contributed by atoms with van der Waals surface area (Å²) in [5.41, 5.74) is 0.315. The van der Waals surface area contributed by atoms with E-state index in [0.29, 0.717) is 24.4 Å². The first kappa shape index (κ1) is 17.4. The molecule has 1 aromatic heterocycles. The molecule has 1 aliphatic rings. The van der Waals surface area contributed by atoms with Crippen LogP contribution in [0.15, 0.2) is 28.3 Å². The van der Waals surface area contributed by atoms with Crippen LogP contribution in [0.25, 0.3) is 0 Å². The van der Waals surface area contributed by atoms with Crippen molar-refractivity contribution in [2.75, 3.05) is 12.8 Å². The van der Waals surface area contributed by atoms with Crippen LogP contribution < -0.4 is 0 Å². The molecule has 1 atom stereocenters. The molecule has 1 fully saturated rings. The number of nitrogens with zero attached hydrogens (tertiary/aromatic N) is 4. The fourth-order valence-electron chi connectivity index (χ4n) is 2.99. The first-order valence-electron chi connectivity index (χ1n) is 7.57. The van der Waals surface area contributed by atoms with Gasteiger partial charge in [-0.1, -0.05) is 11.8 Å². The van der Waals surface area contributed by atoms with Crippen LogP contribution in [0, 0.1) is 12.7 Å². The van der Waals surface area contributed by atoms with Gasteiger partial charge in [0.05, 0.1) is 10.9 Å². The maximum Gasteiger partial charge on any atom is 0.243 e. The van der Waals surface area contributed by atoms with E-state index >= 15 is 0 Å². The molecule has 0 saturated carbocycles. The van der Waals surface area contributed by atoms with Crippen molar-refractivity contribution in [2.45, 2.75) is 35.9 Å². The van der Waals surface area contributed by atoms with E-state index in [4.69, 9.17) is 0 Å². The molecule has 130 valence electrons. The van der Waals surface area contributed by atoms with Gasteiger partial charge in [0.1, 0.15) is 5.82 Å². The highest BCUT2D eigenvalue weighted by atomic mass is 32.2. The molecular weight excluding hydrogens is 351 g/mol. The van der Waals surface area contributed by atoms with Gasteiger partial charge in [-0.25, -0.2) is 12.8 Å². The number of hydrogen-bond donors (Lipinski definition) is 0. The third-order valence-corrected chi connectivity index (χ3v) is 6.91. The Labute approximate surface area is 145 Å². The van der Waals surface area contributed by atoms with Crippen molar-refractivity contribution in [1.82, 2.24) is 19.1 Å². The molecule has 24 heavy (non-hydrogen) atoms. The van der Waals surface area contributed by atoms with Crippen molar-refractivity contribution in [3.63, 3.8) is 0 Å². The second kappa shape index (κ2) is 6.45. The van der Waals surface area contributed by atoms with E-state index in [1.165, 1.54) is 34.3 Å². The zero-order valence-electron chi connectivity index (χ0n) is 13.7. The summed E-state index contributed by atoms with van der Waals surface area (Å²) in [4.78, 5) is 0.112. The van der Waals surface area contributed by atoms with Gasteiger partial charge in [-0.2, -0.15) is 4.31 Å². The third kappa shape index (κ3) is 2.84. The van der Waals surface area contributed by atoms with Crippen LogP contribution in [0.4, 0.5) is 4.39 Å². The van der Waals surface area contributed by atoms with E-state index in [9.17, 15) is 12.8 Å². The number of benzene rings is 1. The maximum absolute atomic E-state index is 13.5. The van der Waals surface area contributed by atoms with Crippen molar-refractivity contribution in [3.05, 3.63) is 35.4 Å². The Bertz CT molecular complexity index is 866. The molecular formula is C15H19FN4O2S2. The molecule has 0 bridgehead atoms. The van der Waals surface area contributed by atoms with Gasteiger partial charge in [-0.05, 0) is 49.8 Å². The minimum absolute atomic E-state index is 0.112. The number of halogens is 1. The molecule has 0 N–H and O–H groups in total. The van der Waals surface area contributed by atoms with Crippen molar-refractivity contribution < 1.29 is 12.8 Å². The van der Waals surface area contributed by atoms with E-state index in [1.807, 2.05) is 17.9 Å².